The van der Waals surface area contributed by atoms with E-state index in [0.29, 0.717) is 43.6 Å². The third kappa shape index (κ3) is 3.96. The highest BCUT2D eigenvalue weighted by atomic mass is 19.1. The second kappa shape index (κ2) is 9.93. The molecular formula is C37H31F2N3O6. The summed E-state index contributed by atoms with van der Waals surface area (Å²) >= 11 is 0. The second-order valence-electron chi connectivity index (χ2n) is 14.1. The molecule has 11 heteroatoms. The Morgan fingerprint density at radius 3 is 2.25 bits per heavy atom. The third-order valence-electron chi connectivity index (χ3n) is 10.2. The number of nitrogens with one attached hydrogen (secondary N) is 1. The first-order valence-electron chi connectivity index (χ1n) is 15.9. The first-order chi connectivity index (χ1) is 22.9. The van der Waals surface area contributed by atoms with Gasteiger partial charge in [0, 0.05) is 27.1 Å². The van der Waals surface area contributed by atoms with Crippen molar-refractivity contribution in [2.45, 2.75) is 63.4 Å². The molecule has 9 rings (SSSR count). The topological polar surface area (TPSA) is 117 Å². The van der Waals surface area contributed by atoms with Gasteiger partial charge in [0.2, 0.25) is 0 Å². The lowest BCUT2D eigenvalue weighted by Crippen LogP contribution is -2.50. The van der Waals surface area contributed by atoms with Crippen LogP contribution in [0.15, 0.2) is 60.7 Å². The van der Waals surface area contributed by atoms with Gasteiger partial charge in [-0.3, -0.25) is 14.5 Å². The average molecular weight is 652 g/mol. The van der Waals surface area contributed by atoms with E-state index in [4.69, 9.17) is 9.47 Å². The van der Waals surface area contributed by atoms with Gasteiger partial charge < -0.3 is 29.2 Å². The van der Waals surface area contributed by atoms with Gasteiger partial charge in [0.1, 0.15) is 36.1 Å². The SMILES string of the molecule is CC(C)(C)c1ccc(CN2C(=O)c3c(c4c5cc(F)ccc5n([C@@H]5OC6COC([C@@H]6O)[C@H]5O)c4c4[nH]c5ccc(F)cc5c34)C2=O)cc1. The van der Waals surface area contributed by atoms with Crippen LogP contribution in [0, 0.1) is 11.6 Å². The number of fused-ring (bicyclic) bond motifs is 12. The highest BCUT2D eigenvalue weighted by Crippen LogP contribution is 2.48. The molecule has 2 unspecified atom stereocenters. The van der Waals surface area contributed by atoms with Gasteiger partial charge in [-0.05, 0) is 52.9 Å². The number of aliphatic hydroxyl groups is 2. The molecule has 3 N–H and O–H groups in total. The molecular weight excluding hydrogens is 620 g/mol. The Hall–Kier alpha value is -4.68. The van der Waals surface area contributed by atoms with Crippen molar-refractivity contribution >= 4 is 55.4 Å². The van der Waals surface area contributed by atoms with E-state index >= 15 is 4.39 Å². The molecule has 0 saturated carbocycles. The number of hydrogen-bond donors (Lipinski definition) is 3. The summed E-state index contributed by atoms with van der Waals surface area (Å²) in [6.45, 7) is 6.36. The number of nitrogens with zero attached hydrogens (tertiary/aromatic N) is 2. The lowest BCUT2D eigenvalue weighted by molar-refractivity contribution is -0.192. The quantitative estimate of drug-likeness (QED) is 0.208. The van der Waals surface area contributed by atoms with Crippen LogP contribution in [-0.2, 0) is 21.4 Å². The molecule has 3 aliphatic rings. The standard InChI is InChI=1S/C37H31F2N3O6/c1-37(2,3)17-6-4-16(5-7-17)14-41-34(45)27-25-20-12-18(38)8-10-22(20)40-29(25)30-26(28(27)35(41)46)21-13-19(39)9-11-23(21)42(30)36-32(44)33-31(43)24(48-36)15-47-33/h4-13,24,31-33,36,40,43-44H,14-15H2,1-3H3/t24?,31-,32-,33?,36-/m1/s1. The number of benzene rings is 4. The number of aliphatic hydroxyl groups excluding tert-OH is 2. The first kappa shape index (κ1) is 29.5. The number of carbonyl (C=O) groups is 2. The molecule has 48 heavy (non-hydrogen) atoms. The van der Waals surface area contributed by atoms with E-state index in [2.05, 4.69) is 25.8 Å². The molecule has 4 aromatic carbocycles. The molecule has 244 valence electrons. The number of H-pyrrole nitrogens is 1. The van der Waals surface area contributed by atoms with Crippen LogP contribution in [-0.4, -0.2) is 67.5 Å². The molecule has 5 heterocycles. The maximum Gasteiger partial charge on any atom is 0.262 e. The molecule has 3 aliphatic heterocycles. The fourth-order valence-corrected chi connectivity index (χ4v) is 7.80. The third-order valence-corrected chi connectivity index (χ3v) is 10.2. The van der Waals surface area contributed by atoms with Crippen LogP contribution in [0.1, 0.15) is 58.8 Å². The summed E-state index contributed by atoms with van der Waals surface area (Å²) in [5.74, 6) is -2.21. The van der Waals surface area contributed by atoms with Gasteiger partial charge in [-0.15, -0.1) is 0 Å². The molecule has 0 radical (unpaired) electrons. The summed E-state index contributed by atoms with van der Waals surface area (Å²) in [7, 11) is 0. The number of halogens is 2. The Morgan fingerprint density at radius 1 is 0.875 bits per heavy atom. The lowest BCUT2D eigenvalue weighted by Gasteiger charge is -2.36. The van der Waals surface area contributed by atoms with E-state index < -0.39 is 54.1 Å². The summed E-state index contributed by atoms with van der Waals surface area (Å²) in [4.78, 5) is 33.5. The number of carbonyl (C=O) groups excluding carboxylic acids is 2. The summed E-state index contributed by atoms with van der Waals surface area (Å²) in [6.07, 6.45) is -5.16. The Morgan fingerprint density at radius 2 is 1.54 bits per heavy atom. The molecule has 0 spiro atoms. The minimum atomic E-state index is -1.34. The lowest BCUT2D eigenvalue weighted by atomic mass is 9.87. The number of aromatic nitrogens is 2. The fourth-order valence-electron chi connectivity index (χ4n) is 7.80. The van der Waals surface area contributed by atoms with Crippen molar-refractivity contribution in [1.29, 1.82) is 0 Å². The monoisotopic (exact) mass is 651 g/mol. The first-order valence-corrected chi connectivity index (χ1v) is 15.9. The van der Waals surface area contributed by atoms with Crippen molar-refractivity contribution in [2.24, 2.45) is 0 Å². The second-order valence-corrected chi connectivity index (χ2v) is 14.1. The van der Waals surface area contributed by atoms with E-state index in [-0.39, 0.29) is 29.7 Å². The molecule has 9 nitrogen and oxygen atoms in total. The maximum atomic E-state index is 15.1. The van der Waals surface area contributed by atoms with Crippen LogP contribution in [0.25, 0.3) is 43.6 Å². The zero-order valence-corrected chi connectivity index (χ0v) is 26.3. The average Bonchev–Trinajstić information content (AvgIpc) is 3.73. The number of aromatic amines is 1. The van der Waals surface area contributed by atoms with Gasteiger partial charge in [-0.25, -0.2) is 8.78 Å². The predicted octanol–water partition coefficient (Wildman–Crippen LogP) is 5.82. The van der Waals surface area contributed by atoms with Crippen LogP contribution in [0.5, 0.6) is 0 Å². The van der Waals surface area contributed by atoms with Crippen LogP contribution in [0.3, 0.4) is 0 Å². The zero-order valence-electron chi connectivity index (χ0n) is 26.3. The van der Waals surface area contributed by atoms with Crippen LogP contribution < -0.4 is 0 Å². The van der Waals surface area contributed by atoms with Gasteiger partial charge in [-0.2, -0.15) is 0 Å². The summed E-state index contributed by atoms with van der Waals surface area (Å²) in [5, 5.41) is 23.5. The molecule has 2 saturated heterocycles. The van der Waals surface area contributed by atoms with Gasteiger partial charge >= 0.3 is 0 Å². The van der Waals surface area contributed by atoms with Crippen molar-refractivity contribution < 1.29 is 38.1 Å². The number of ether oxygens (including phenoxy) is 2. The molecule has 2 amide bonds. The van der Waals surface area contributed by atoms with E-state index in [0.717, 1.165) is 11.1 Å². The molecule has 2 aromatic heterocycles. The molecule has 5 atom stereocenters. The van der Waals surface area contributed by atoms with Crippen molar-refractivity contribution in [3.8, 4) is 0 Å². The Labute approximate surface area is 272 Å². The summed E-state index contributed by atoms with van der Waals surface area (Å²) < 4.78 is 43.5. The number of imide groups is 1. The normalized spacial score (nSPS) is 24.2. The smallest absolute Gasteiger partial charge is 0.262 e. The summed E-state index contributed by atoms with van der Waals surface area (Å²) in [5.41, 5.74) is 3.65. The van der Waals surface area contributed by atoms with Gasteiger partial charge in [0.05, 0.1) is 40.8 Å². The largest absolute Gasteiger partial charge is 0.387 e. The van der Waals surface area contributed by atoms with E-state index in [1.807, 2.05) is 24.3 Å². The number of amides is 2. The van der Waals surface area contributed by atoms with Gasteiger partial charge in [0.15, 0.2) is 6.23 Å². The molecule has 6 aromatic rings. The highest BCUT2D eigenvalue weighted by Gasteiger charge is 2.52. The summed E-state index contributed by atoms with van der Waals surface area (Å²) in [6, 6.07) is 16.0. The van der Waals surface area contributed by atoms with E-state index in [1.54, 1.807) is 10.6 Å². The highest BCUT2D eigenvalue weighted by molar-refractivity contribution is 6.39. The van der Waals surface area contributed by atoms with E-state index in [9.17, 15) is 24.2 Å². The van der Waals surface area contributed by atoms with Gasteiger partial charge in [-0.1, -0.05) is 45.0 Å². The van der Waals surface area contributed by atoms with Crippen LogP contribution in [0.2, 0.25) is 0 Å². The van der Waals surface area contributed by atoms with Crippen LogP contribution in [0.4, 0.5) is 8.78 Å². The molecule has 0 aliphatic carbocycles. The van der Waals surface area contributed by atoms with Crippen LogP contribution >= 0.6 is 0 Å². The predicted molar refractivity (Wildman–Crippen MR) is 174 cm³/mol. The van der Waals surface area contributed by atoms with Crippen molar-refractivity contribution in [1.82, 2.24) is 14.5 Å². The zero-order chi connectivity index (χ0) is 33.4. The Bertz CT molecular complexity index is 2370. The molecule has 2 fully saturated rings. The molecule has 2 bridgehead atoms. The van der Waals surface area contributed by atoms with Crippen molar-refractivity contribution in [3.05, 3.63) is 94.6 Å². The fraction of sp³-hybridized carbons (Fsp3) is 0.297. The van der Waals surface area contributed by atoms with E-state index in [1.165, 1.54) is 35.2 Å². The van der Waals surface area contributed by atoms with Gasteiger partial charge in [0.25, 0.3) is 11.8 Å². The minimum absolute atomic E-state index is 0.00743. The van der Waals surface area contributed by atoms with Crippen molar-refractivity contribution in [3.63, 3.8) is 0 Å². The Kier molecular flexibility index (Phi) is 6.09. The number of rotatable bonds is 3. The Balaban J connectivity index is 1.34. The van der Waals surface area contributed by atoms with Crippen molar-refractivity contribution in [2.75, 3.05) is 6.61 Å². The minimum Gasteiger partial charge on any atom is -0.387 e. The maximum absolute atomic E-state index is 15.1. The number of hydrogen-bond acceptors (Lipinski definition) is 6.